The Morgan fingerprint density at radius 3 is 2.82 bits per heavy atom. The number of aryl methyl sites for hydroxylation is 1. The maximum absolute atomic E-state index is 12.2. The van der Waals surface area contributed by atoms with E-state index in [2.05, 4.69) is 15.5 Å². The molecule has 7 nitrogen and oxygen atoms in total. The number of hydrogen-bond acceptors (Lipinski definition) is 7. The van der Waals surface area contributed by atoms with Crippen molar-refractivity contribution in [1.82, 2.24) is 20.2 Å². The molecule has 0 spiro atoms. The molecular formula is C20H18N4O3S. The summed E-state index contributed by atoms with van der Waals surface area (Å²) in [5.41, 5.74) is 0.582. The predicted molar refractivity (Wildman–Crippen MR) is 107 cm³/mol. The van der Waals surface area contributed by atoms with Gasteiger partial charge in [-0.1, -0.05) is 36.0 Å². The fourth-order valence-electron chi connectivity index (χ4n) is 2.88. The average molecular weight is 394 g/mol. The molecule has 0 aliphatic heterocycles. The van der Waals surface area contributed by atoms with Crippen LogP contribution >= 0.6 is 11.8 Å². The van der Waals surface area contributed by atoms with Crippen molar-refractivity contribution in [3.8, 4) is 11.4 Å². The van der Waals surface area contributed by atoms with Crippen molar-refractivity contribution in [2.45, 2.75) is 18.0 Å². The number of methoxy groups -OCH3 is 1. The zero-order valence-corrected chi connectivity index (χ0v) is 16.1. The second-order valence-corrected chi connectivity index (χ2v) is 7.18. The van der Waals surface area contributed by atoms with Gasteiger partial charge in [0.05, 0.1) is 18.2 Å². The van der Waals surface area contributed by atoms with Crippen molar-refractivity contribution in [2.24, 2.45) is 0 Å². The minimum atomic E-state index is -0.341. The third-order valence-electron chi connectivity index (χ3n) is 4.26. The van der Waals surface area contributed by atoms with Crippen molar-refractivity contribution in [1.29, 1.82) is 0 Å². The number of nitrogens with zero attached hydrogens (tertiary/aromatic N) is 4. The summed E-state index contributed by atoms with van der Waals surface area (Å²) in [7, 11) is 1.57. The topological polar surface area (TPSA) is 83.0 Å². The molecule has 2 aromatic carbocycles. The van der Waals surface area contributed by atoms with E-state index in [0.29, 0.717) is 23.3 Å². The van der Waals surface area contributed by atoms with Crippen LogP contribution in [-0.2, 0) is 6.42 Å². The molecule has 142 valence electrons. The number of rotatable bonds is 7. The van der Waals surface area contributed by atoms with Gasteiger partial charge in [-0.05, 0) is 52.6 Å². The Labute approximate surface area is 165 Å². The molecule has 0 unspecified atom stereocenters. The van der Waals surface area contributed by atoms with E-state index in [1.807, 2.05) is 48.5 Å². The van der Waals surface area contributed by atoms with Crippen molar-refractivity contribution in [3.05, 3.63) is 70.8 Å². The quantitative estimate of drug-likeness (QED) is 0.350. The van der Waals surface area contributed by atoms with Gasteiger partial charge in [-0.15, -0.1) is 5.10 Å². The molecule has 8 heteroatoms. The van der Waals surface area contributed by atoms with Crippen molar-refractivity contribution < 1.29 is 9.15 Å². The van der Waals surface area contributed by atoms with Crippen LogP contribution in [0.25, 0.3) is 16.5 Å². The Morgan fingerprint density at radius 1 is 1.14 bits per heavy atom. The summed E-state index contributed by atoms with van der Waals surface area (Å²) in [4.78, 5) is 12.2. The second-order valence-electron chi connectivity index (χ2n) is 6.11. The maximum Gasteiger partial charge on any atom is 0.343 e. The summed E-state index contributed by atoms with van der Waals surface area (Å²) in [5, 5.41) is 14.0. The first-order valence-corrected chi connectivity index (χ1v) is 9.80. The summed E-state index contributed by atoms with van der Waals surface area (Å²) in [6.45, 7) is 0. The predicted octanol–water partition coefficient (Wildman–Crippen LogP) is 3.50. The van der Waals surface area contributed by atoms with E-state index in [1.165, 1.54) is 0 Å². The summed E-state index contributed by atoms with van der Waals surface area (Å²) in [5.74, 6) is 2.11. The van der Waals surface area contributed by atoms with Gasteiger partial charge in [0, 0.05) is 12.2 Å². The number of fused-ring (bicyclic) bond motifs is 1. The number of thioether (sulfide) groups is 1. The Hall–Kier alpha value is -3.13. The van der Waals surface area contributed by atoms with E-state index >= 15 is 0 Å². The van der Waals surface area contributed by atoms with Gasteiger partial charge in [-0.3, -0.25) is 0 Å². The molecule has 0 aliphatic carbocycles. The highest BCUT2D eigenvalue weighted by molar-refractivity contribution is 7.99. The van der Waals surface area contributed by atoms with Crippen molar-refractivity contribution >= 4 is 22.5 Å². The lowest BCUT2D eigenvalue weighted by Crippen LogP contribution is -2.03. The number of aromatic nitrogens is 4. The highest BCUT2D eigenvalue weighted by Crippen LogP contribution is 2.21. The van der Waals surface area contributed by atoms with Gasteiger partial charge in [0.2, 0.25) is 5.16 Å². The van der Waals surface area contributed by atoms with E-state index in [-0.39, 0.29) is 5.63 Å². The van der Waals surface area contributed by atoms with Crippen LogP contribution in [0.5, 0.6) is 5.75 Å². The lowest BCUT2D eigenvalue weighted by Gasteiger charge is -2.05. The molecule has 4 aromatic rings. The fourth-order valence-corrected chi connectivity index (χ4v) is 3.70. The number of hydrogen-bond donors (Lipinski definition) is 0. The summed E-state index contributed by atoms with van der Waals surface area (Å²) >= 11 is 1.57. The minimum Gasteiger partial charge on any atom is -0.497 e. The molecule has 4 rings (SSSR count). The molecule has 2 heterocycles. The Bertz CT molecular complexity index is 1140. The van der Waals surface area contributed by atoms with E-state index in [0.717, 1.165) is 28.4 Å². The van der Waals surface area contributed by atoms with Crippen LogP contribution in [0.4, 0.5) is 0 Å². The monoisotopic (exact) mass is 394 g/mol. The second kappa shape index (κ2) is 8.26. The first-order valence-electron chi connectivity index (χ1n) is 8.82. The zero-order chi connectivity index (χ0) is 19.3. The standard InChI is InChI=1S/C20H18N4O3S/c1-26-16-10-9-14-12-17(27-19(25)18(14)13-16)8-5-11-28-20-21-22-23-24(20)15-6-3-2-4-7-15/h2-4,6-7,9-10,12-13H,5,8,11H2,1H3. The van der Waals surface area contributed by atoms with Crippen LogP contribution in [0.15, 0.2) is 69.0 Å². The lowest BCUT2D eigenvalue weighted by atomic mass is 10.1. The molecule has 2 aromatic heterocycles. The number of tetrazole rings is 1. The van der Waals surface area contributed by atoms with E-state index in [4.69, 9.17) is 9.15 Å². The third kappa shape index (κ3) is 3.91. The number of para-hydroxylation sites is 1. The van der Waals surface area contributed by atoms with E-state index in [1.54, 1.807) is 29.6 Å². The smallest absolute Gasteiger partial charge is 0.343 e. The first-order chi connectivity index (χ1) is 13.7. The summed E-state index contributed by atoms with van der Waals surface area (Å²) in [6, 6.07) is 17.1. The largest absolute Gasteiger partial charge is 0.497 e. The zero-order valence-electron chi connectivity index (χ0n) is 15.2. The van der Waals surface area contributed by atoms with Crippen LogP contribution in [-0.4, -0.2) is 33.1 Å². The van der Waals surface area contributed by atoms with Crippen LogP contribution in [0.1, 0.15) is 12.2 Å². The fraction of sp³-hybridized carbons (Fsp3) is 0.200. The summed E-state index contributed by atoms with van der Waals surface area (Å²) in [6.07, 6.45) is 1.49. The lowest BCUT2D eigenvalue weighted by molar-refractivity contribution is 0.415. The molecule has 0 aliphatic rings. The Balaban J connectivity index is 1.40. The van der Waals surface area contributed by atoms with Crippen LogP contribution in [0.2, 0.25) is 0 Å². The van der Waals surface area contributed by atoms with Crippen molar-refractivity contribution in [2.75, 3.05) is 12.9 Å². The molecular weight excluding hydrogens is 376 g/mol. The van der Waals surface area contributed by atoms with Gasteiger partial charge < -0.3 is 9.15 Å². The normalized spacial score (nSPS) is 11.0. The molecule has 0 N–H and O–H groups in total. The Morgan fingerprint density at radius 2 is 2.00 bits per heavy atom. The van der Waals surface area contributed by atoms with E-state index in [9.17, 15) is 4.79 Å². The van der Waals surface area contributed by atoms with E-state index < -0.39 is 0 Å². The van der Waals surface area contributed by atoms with Gasteiger partial charge in [0.15, 0.2) is 0 Å². The molecule has 0 atom stereocenters. The molecule has 0 bridgehead atoms. The molecule has 0 saturated carbocycles. The van der Waals surface area contributed by atoms with Crippen LogP contribution < -0.4 is 10.4 Å². The average Bonchev–Trinajstić information content (AvgIpc) is 3.20. The third-order valence-corrected chi connectivity index (χ3v) is 5.27. The Kier molecular flexibility index (Phi) is 5.38. The van der Waals surface area contributed by atoms with Crippen molar-refractivity contribution in [3.63, 3.8) is 0 Å². The van der Waals surface area contributed by atoms with Crippen LogP contribution in [0, 0.1) is 0 Å². The molecule has 0 saturated heterocycles. The highest BCUT2D eigenvalue weighted by Gasteiger charge is 2.10. The maximum atomic E-state index is 12.2. The number of ether oxygens (including phenoxy) is 1. The SMILES string of the molecule is COc1ccc2cc(CCCSc3nnnn3-c3ccccc3)oc(=O)c2c1. The molecule has 0 fully saturated rings. The van der Waals surface area contributed by atoms with Gasteiger partial charge in [-0.2, -0.15) is 4.68 Å². The molecule has 28 heavy (non-hydrogen) atoms. The summed E-state index contributed by atoms with van der Waals surface area (Å²) < 4.78 is 12.3. The number of benzene rings is 2. The first kappa shape index (κ1) is 18.2. The van der Waals surface area contributed by atoms with Crippen LogP contribution in [0.3, 0.4) is 0 Å². The van der Waals surface area contributed by atoms with Gasteiger partial charge in [0.25, 0.3) is 0 Å². The molecule has 0 amide bonds. The van der Waals surface area contributed by atoms with Gasteiger partial charge >= 0.3 is 5.63 Å². The van der Waals surface area contributed by atoms with Gasteiger partial charge in [-0.25, -0.2) is 4.79 Å². The highest BCUT2D eigenvalue weighted by atomic mass is 32.2. The molecule has 0 radical (unpaired) electrons. The minimum absolute atomic E-state index is 0.341. The van der Waals surface area contributed by atoms with Gasteiger partial charge in [0.1, 0.15) is 11.5 Å².